The molecule has 0 spiro atoms. The van der Waals surface area contributed by atoms with E-state index < -0.39 is 0 Å². The normalized spacial score (nSPS) is 17.5. The van der Waals surface area contributed by atoms with Gasteiger partial charge in [-0.2, -0.15) is 5.26 Å². The Kier molecular flexibility index (Phi) is 5.83. The second-order valence-corrected chi connectivity index (χ2v) is 9.06. The maximum atomic E-state index is 13.6. The first-order chi connectivity index (χ1) is 16.9. The van der Waals surface area contributed by atoms with Gasteiger partial charge in [-0.25, -0.2) is 14.4 Å². The van der Waals surface area contributed by atoms with Gasteiger partial charge in [-0.15, -0.1) is 0 Å². The van der Waals surface area contributed by atoms with E-state index in [0.717, 1.165) is 16.9 Å². The first-order valence-corrected chi connectivity index (χ1v) is 11.5. The van der Waals surface area contributed by atoms with Gasteiger partial charge in [0.1, 0.15) is 23.1 Å². The third-order valence-electron chi connectivity index (χ3n) is 6.71. The summed E-state index contributed by atoms with van der Waals surface area (Å²) < 4.78 is 17.1. The van der Waals surface area contributed by atoms with Crippen molar-refractivity contribution in [3.8, 4) is 6.07 Å². The molecule has 8 nitrogen and oxygen atoms in total. The highest BCUT2D eigenvalue weighted by atomic mass is 19.1. The van der Waals surface area contributed by atoms with Crippen molar-refractivity contribution < 1.29 is 4.39 Å². The van der Waals surface area contributed by atoms with Gasteiger partial charge >= 0.3 is 0 Å². The first kappa shape index (κ1) is 22.7. The van der Waals surface area contributed by atoms with Crippen LogP contribution in [0.2, 0.25) is 0 Å². The highest BCUT2D eigenvalue weighted by Gasteiger charge is 2.32. The predicted octanol–water partition coefficient (Wildman–Crippen LogP) is 2.98. The summed E-state index contributed by atoms with van der Waals surface area (Å²) >= 11 is 0. The molecule has 0 saturated carbocycles. The number of rotatable bonds is 4. The van der Waals surface area contributed by atoms with E-state index in [4.69, 9.17) is 0 Å². The smallest absolute Gasteiger partial charge is 0.252 e. The molecule has 3 aromatic heterocycles. The zero-order valence-corrected chi connectivity index (χ0v) is 19.9. The van der Waals surface area contributed by atoms with Crippen LogP contribution in [0.5, 0.6) is 0 Å². The third-order valence-corrected chi connectivity index (χ3v) is 6.71. The van der Waals surface area contributed by atoms with Gasteiger partial charge in [-0.1, -0.05) is 12.1 Å². The van der Waals surface area contributed by atoms with Crippen molar-refractivity contribution in [1.29, 1.82) is 5.26 Å². The van der Waals surface area contributed by atoms with Gasteiger partial charge in [0.25, 0.3) is 5.56 Å². The summed E-state index contributed by atoms with van der Waals surface area (Å²) in [5, 5.41) is 9.37. The second kappa shape index (κ2) is 8.96. The monoisotopic (exact) mass is 471 g/mol. The molecule has 1 aliphatic rings. The summed E-state index contributed by atoms with van der Waals surface area (Å²) in [5.74, 6) is -0.270. The van der Waals surface area contributed by atoms with E-state index in [9.17, 15) is 14.4 Å². The van der Waals surface area contributed by atoms with E-state index in [0.29, 0.717) is 36.4 Å². The minimum Gasteiger partial charge on any atom is -0.364 e. The van der Waals surface area contributed by atoms with Crippen LogP contribution < -0.4 is 10.5 Å². The number of hydrogen-bond donors (Lipinski definition) is 0. The summed E-state index contributed by atoms with van der Waals surface area (Å²) in [5.41, 5.74) is 4.15. The summed E-state index contributed by atoms with van der Waals surface area (Å²) in [6.45, 7) is 4.18. The standard InChI is InChI=1S/C26H26FN7O/c1-17-14-33(26(21-15-31(2)16-29-21)18-4-6-19(27)7-5-18)10-11-34(17)23-12-24(35)32(3)22-9-8-20(13-28)30-25(22)23/h4-9,12,15-17,26H,10-11,14H2,1-3H3/t17-,26?/m0/s1. The molecule has 4 heterocycles. The summed E-state index contributed by atoms with van der Waals surface area (Å²) in [7, 11) is 3.64. The molecule has 35 heavy (non-hydrogen) atoms. The van der Waals surface area contributed by atoms with Crippen molar-refractivity contribution in [3.05, 3.63) is 88.1 Å². The van der Waals surface area contributed by atoms with Gasteiger partial charge in [0.05, 0.1) is 29.3 Å². The van der Waals surface area contributed by atoms with Crippen LogP contribution >= 0.6 is 0 Å². The van der Waals surface area contributed by atoms with Crippen LogP contribution in [0.25, 0.3) is 11.0 Å². The molecule has 1 aliphatic heterocycles. The second-order valence-electron chi connectivity index (χ2n) is 9.06. The van der Waals surface area contributed by atoms with E-state index >= 15 is 0 Å². The zero-order valence-electron chi connectivity index (χ0n) is 19.9. The average molecular weight is 472 g/mol. The van der Waals surface area contributed by atoms with Crippen LogP contribution in [-0.4, -0.2) is 49.7 Å². The maximum absolute atomic E-state index is 13.6. The Balaban J connectivity index is 1.50. The highest BCUT2D eigenvalue weighted by molar-refractivity contribution is 5.88. The van der Waals surface area contributed by atoms with Crippen LogP contribution in [-0.2, 0) is 14.1 Å². The average Bonchev–Trinajstić information content (AvgIpc) is 3.28. The lowest BCUT2D eigenvalue weighted by Crippen LogP contribution is -2.53. The molecule has 178 valence electrons. The molecule has 1 unspecified atom stereocenters. The van der Waals surface area contributed by atoms with Gasteiger partial charge in [0, 0.05) is 52.0 Å². The molecule has 0 radical (unpaired) electrons. The van der Waals surface area contributed by atoms with Crippen molar-refractivity contribution in [2.75, 3.05) is 24.5 Å². The Bertz CT molecular complexity index is 1480. The van der Waals surface area contributed by atoms with Crippen LogP contribution in [0.1, 0.15) is 29.9 Å². The number of nitrogens with zero attached hydrogens (tertiary/aromatic N) is 7. The Labute approximate surface area is 202 Å². The van der Waals surface area contributed by atoms with E-state index in [2.05, 4.69) is 32.8 Å². The fraction of sp³-hybridized carbons (Fsp3) is 0.308. The van der Waals surface area contributed by atoms with Gasteiger partial charge in [-0.3, -0.25) is 9.69 Å². The highest BCUT2D eigenvalue weighted by Crippen LogP contribution is 2.33. The molecule has 1 fully saturated rings. The number of piperazine rings is 1. The molecule has 0 amide bonds. The van der Waals surface area contributed by atoms with Crippen molar-refractivity contribution in [3.63, 3.8) is 0 Å². The van der Waals surface area contributed by atoms with Crippen LogP contribution in [0.4, 0.5) is 10.1 Å². The zero-order chi connectivity index (χ0) is 24.7. The van der Waals surface area contributed by atoms with Crippen LogP contribution in [0.15, 0.2) is 59.8 Å². The minimum atomic E-state index is -0.270. The Hall–Kier alpha value is -4.03. The molecule has 5 rings (SSSR count). The molecule has 9 heteroatoms. The summed E-state index contributed by atoms with van der Waals surface area (Å²) in [4.78, 5) is 26.4. The molecule has 0 aliphatic carbocycles. The van der Waals surface area contributed by atoms with Crippen LogP contribution in [0, 0.1) is 17.1 Å². The first-order valence-electron chi connectivity index (χ1n) is 11.5. The Morgan fingerprint density at radius 3 is 2.57 bits per heavy atom. The fourth-order valence-electron chi connectivity index (χ4n) is 4.96. The summed E-state index contributed by atoms with van der Waals surface area (Å²) in [6, 6.07) is 13.6. The maximum Gasteiger partial charge on any atom is 0.252 e. The van der Waals surface area contributed by atoms with Crippen molar-refractivity contribution >= 4 is 16.7 Å². The molecule has 2 atom stereocenters. The Morgan fingerprint density at radius 2 is 1.91 bits per heavy atom. The van der Waals surface area contributed by atoms with E-state index in [1.165, 1.54) is 12.1 Å². The van der Waals surface area contributed by atoms with Gasteiger partial charge < -0.3 is 14.0 Å². The number of halogens is 1. The number of aromatic nitrogens is 4. The van der Waals surface area contributed by atoms with Crippen LogP contribution in [0.3, 0.4) is 0 Å². The lowest BCUT2D eigenvalue weighted by Gasteiger charge is -2.44. The number of anilines is 1. The minimum absolute atomic E-state index is 0.0539. The largest absolute Gasteiger partial charge is 0.364 e. The molecular weight excluding hydrogens is 445 g/mol. The Morgan fingerprint density at radius 1 is 1.14 bits per heavy atom. The quantitative estimate of drug-likeness (QED) is 0.455. The van der Waals surface area contributed by atoms with Crippen molar-refractivity contribution in [2.45, 2.75) is 19.0 Å². The molecule has 0 bridgehead atoms. The number of fused-ring (bicyclic) bond motifs is 1. The third kappa shape index (κ3) is 4.17. The number of hydrogen-bond acceptors (Lipinski definition) is 6. The fourth-order valence-corrected chi connectivity index (χ4v) is 4.96. The number of imidazole rings is 1. The lowest BCUT2D eigenvalue weighted by atomic mass is 10.00. The van der Waals surface area contributed by atoms with E-state index in [1.807, 2.05) is 29.9 Å². The number of nitriles is 1. The topological polar surface area (TPSA) is 83.0 Å². The SMILES string of the molecule is C[C@H]1CN(C(c2ccc(F)cc2)c2cn(C)cn2)CCN1c1cc(=O)n(C)c2ccc(C#N)nc12. The molecule has 4 aromatic rings. The molecular formula is C26H26FN7O. The molecule has 1 aromatic carbocycles. The predicted molar refractivity (Wildman–Crippen MR) is 132 cm³/mol. The number of benzene rings is 1. The lowest BCUT2D eigenvalue weighted by molar-refractivity contribution is 0.185. The van der Waals surface area contributed by atoms with Gasteiger partial charge in [-0.05, 0) is 36.8 Å². The van der Waals surface area contributed by atoms with Gasteiger partial charge in [0.15, 0.2) is 0 Å². The van der Waals surface area contributed by atoms with Gasteiger partial charge in [0.2, 0.25) is 0 Å². The van der Waals surface area contributed by atoms with E-state index in [-0.39, 0.29) is 23.5 Å². The molecule has 1 saturated heterocycles. The summed E-state index contributed by atoms with van der Waals surface area (Å²) in [6.07, 6.45) is 3.77. The number of aryl methyl sites for hydroxylation is 2. The van der Waals surface area contributed by atoms with Crippen molar-refractivity contribution in [2.24, 2.45) is 14.1 Å². The van der Waals surface area contributed by atoms with Crippen molar-refractivity contribution in [1.82, 2.24) is 24.0 Å². The van der Waals surface area contributed by atoms with E-state index in [1.54, 1.807) is 36.1 Å². The molecule has 0 N–H and O–H groups in total. The number of pyridine rings is 2.